The summed E-state index contributed by atoms with van der Waals surface area (Å²) < 4.78 is 1.98. The van der Waals surface area contributed by atoms with Crippen molar-refractivity contribution in [1.29, 1.82) is 0 Å². The van der Waals surface area contributed by atoms with Crippen LogP contribution in [0.5, 0.6) is 0 Å². The Morgan fingerprint density at radius 3 is 2.76 bits per heavy atom. The average Bonchev–Trinajstić information content (AvgIpc) is 3.06. The van der Waals surface area contributed by atoms with Crippen LogP contribution in [0.15, 0.2) is 53.0 Å². The highest BCUT2D eigenvalue weighted by molar-refractivity contribution is 7.99. The number of carbonyl (C=O) groups is 1. The number of carbonyl (C=O) groups excluding carboxylic acids is 1. The Bertz CT molecular complexity index is 920. The summed E-state index contributed by atoms with van der Waals surface area (Å²) in [5.41, 5.74) is 1.56. The van der Waals surface area contributed by atoms with Crippen LogP contribution >= 0.6 is 23.4 Å². The van der Waals surface area contributed by atoms with E-state index < -0.39 is 0 Å². The van der Waals surface area contributed by atoms with Crippen molar-refractivity contribution in [3.8, 4) is 0 Å². The number of nitrogens with zero attached hydrogens (tertiary/aromatic N) is 4. The highest BCUT2D eigenvalue weighted by Crippen LogP contribution is 2.31. The van der Waals surface area contributed by atoms with Crippen molar-refractivity contribution in [2.45, 2.75) is 29.4 Å². The van der Waals surface area contributed by atoms with E-state index in [1.807, 2.05) is 39.9 Å². The molecular weight excluding hydrogens is 356 g/mol. The van der Waals surface area contributed by atoms with Crippen LogP contribution in [-0.2, 0) is 0 Å². The Morgan fingerprint density at radius 2 is 1.96 bits per heavy atom. The molecule has 0 radical (unpaired) electrons. The van der Waals surface area contributed by atoms with E-state index in [-0.39, 0.29) is 5.91 Å². The van der Waals surface area contributed by atoms with Crippen molar-refractivity contribution in [1.82, 2.24) is 19.3 Å². The highest BCUT2D eigenvalue weighted by Gasteiger charge is 2.20. The third-order valence-corrected chi connectivity index (χ3v) is 5.69. The molecule has 0 aliphatic carbocycles. The predicted molar refractivity (Wildman–Crippen MR) is 98.3 cm³/mol. The van der Waals surface area contributed by atoms with E-state index in [0.29, 0.717) is 15.6 Å². The molecule has 1 amide bonds. The molecule has 1 aliphatic rings. The van der Waals surface area contributed by atoms with E-state index in [2.05, 4.69) is 9.97 Å². The van der Waals surface area contributed by atoms with Crippen molar-refractivity contribution >= 4 is 34.8 Å². The minimum absolute atomic E-state index is 0.0110. The molecule has 1 saturated heterocycles. The summed E-state index contributed by atoms with van der Waals surface area (Å²) in [4.78, 5) is 23.3. The van der Waals surface area contributed by atoms with Crippen molar-refractivity contribution in [2.24, 2.45) is 0 Å². The quantitative estimate of drug-likeness (QED) is 0.692. The predicted octanol–water partition coefficient (Wildman–Crippen LogP) is 4.16. The van der Waals surface area contributed by atoms with Crippen LogP contribution in [0.2, 0.25) is 5.02 Å². The number of hydrogen-bond acceptors (Lipinski definition) is 4. The molecule has 25 heavy (non-hydrogen) atoms. The van der Waals surface area contributed by atoms with Crippen LogP contribution in [-0.4, -0.2) is 38.3 Å². The Hall–Kier alpha value is -2.05. The molecule has 128 valence electrons. The van der Waals surface area contributed by atoms with Gasteiger partial charge >= 0.3 is 0 Å². The molecule has 1 fully saturated rings. The Balaban J connectivity index is 1.56. The molecule has 1 aliphatic heterocycles. The Kier molecular flexibility index (Phi) is 4.63. The lowest BCUT2D eigenvalue weighted by Gasteiger charge is -2.26. The van der Waals surface area contributed by atoms with Crippen LogP contribution in [0.3, 0.4) is 0 Å². The molecule has 3 aromatic heterocycles. The molecule has 0 N–H and O–H groups in total. The summed E-state index contributed by atoms with van der Waals surface area (Å²) in [6, 6.07) is 7.63. The lowest BCUT2D eigenvalue weighted by molar-refractivity contribution is 0.0724. The zero-order valence-corrected chi connectivity index (χ0v) is 15.1. The van der Waals surface area contributed by atoms with Crippen LogP contribution in [0, 0.1) is 0 Å². The van der Waals surface area contributed by atoms with Gasteiger partial charge in [-0.15, -0.1) is 0 Å². The Labute approximate surface area is 155 Å². The van der Waals surface area contributed by atoms with Gasteiger partial charge < -0.3 is 4.90 Å². The second-order valence-corrected chi connectivity index (χ2v) is 7.37. The van der Waals surface area contributed by atoms with Gasteiger partial charge in [0.25, 0.3) is 5.91 Å². The van der Waals surface area contributed by atoms with E-state index in [1.165, 1.54) is 18.2 Å². The summed E-state index contributed by atoms with van der Waals surface area (Å²) >= 11 is 7.78. The van der Waals surface area contributed by atoms with Crippen molar-refractivity contribution < 1.29 is 4.79 Å². The first-order valence-electron chi connectivity index (χ1n) is 8.27. The summed E-state index contributed by atoms with van der Waals surface area (Å²) in [7, 11) is 0. The van der Waals surface area contributed by atoms with Gasteiger partial charge in [0.05, 0.1) is 22.3 Å². The second-order valence-electron chi connectivity index (χ2n) is 6.00. The summed E-state index contributed by atoms with van der Waals surface area (Å²) in [6.45, 7) is 1.63. The van der Waals surface area contributed by atoms with E-state index in [9.17, 15) is 4.79 Å². The first kappa shape index (κ1) is 16.4. The van der Waals surface area contributed by atoms with Gasteiger partial charge in [-0.05, 0) is 49.2 Å². The van der Waals surface area contributed by atoms with Crippen LogP contribution < -0.4 is 0 Å². The highest BCUT2D eigenvalue weighted by atomic mass is 35.5. The first-order valence-corrected chi connectivity index (χ1v) is 9.46. The molecule has 0 unspecified atom stereocenters. The van der Waals surface area contributed by atoms with E-state index >= 15 is 0 Å². The van der Waals surface area contributed by atoms with Gasteiger partial charge in [0.15, 0.2) is 5.16 Å². The number of aromatic nitrogens is 3. The summed E-state index contributed by atoms with van der Waals surface area (Å²) in [5, 5.41) is 1.91. The fraction of sp³-hybridized carbons (Fsp3) is 0.278. The number of likely N-dealkylation sites (tertiary alicyclic amines) is 1. The molecule has 0 saturated carbocycles. The van der Waals surface area contributed by atoms with Crippen LogP contribution in [0.1, 0.15) is 29.6 Å². The standard InChI is InChI=1S/C18H17ClN4OS/c19-15-10-13(17(24)22-7-3-1-4-8-22)11-20-16(15)25-18-21-12-14-6-2-5-9-23(14)18/h2,5-6,9-12H,1,3-4,7-8H2. The lowest BCUT2D eigenvalue weighted by atomic mass is 10.1. The molecule has 0 bridgehead atoms. The fourth-order valence-electron chi connectivity index (χ4n) is 2.98. The van der Waals surface area contributed by atoms with Crippen molar-refractivity contribution in [3.63, 3.8) is 0 Å². The summed E-state index contributed by atoms with van der Waals surface area (Å²) in [6.07, 6.45) is 8.69. The minimum Gasteiger partial charge on any atom is -0.339 e. The van der Waals surface area contributed by atoms with Crippen LogP contribution in [0.25, 0.3) is 5.52 Å². The molecule has 3 aromatic rings. The maximum absolute atomic E-state index is 12.6. The smallest absolute Gasteiger partial charge is 0.255 e. The van der Waals surface area contributed by atoms with E-state index in [4.69, 9.17) is 11.6 Å². The lowest BCUT2D eigenvalue weighted by Crippen LogP contribution is -2.35. The van der Waals surface area contributed by atoms with Crippen molar-refractivity contribution in [3.05, 3.63) is 53.4 Å². The maximum Gasteiger partial charge on any atom is 0.255 e. The zero-order chi connectivity index (χ0) is 17.2. The normalized spacial score (nSPS) is 14.8. The molecular formula is C18H17ClN4OS. The number of fused-ring (bicyclic) bond motifs is 1. The largest absolute Gasteiger partial charge is 0.339 e. The third kappa shape index (κ3) is 3.37. The molecule has 0 atom stereocenters. The van der Waals surface area contributed by atoms with Crippen molar-refractivity contribution in [2.75, 3.05) is 13.1 Å². The van der Waals surface area contributed by atoms with E-state index in [1.54, 1.807) is 12.3 Å². The molecule has 7 heteroatoms. The number of hydrogen-bond donors (Lipinski definition) is 0. The van der Waals surface area contributed by atoms with Gasteiger partial charge in [-0.25, -0.2) is 9.97 Å². The van der Waals surface area contributed by atoms with Gasteiger partial charge in [0.2, 0.25) is 0 Å². The molecule has 4 heterocycles. The fourth-order valence-corrected chi connectivity index (χ4v) is 4.07. The SMILES string of the molecule is O=C(c1cnc(Sc2ncc3ccccn23)c(Cl)c1)N1CCCCC1. The van der Waals surface area contributed by atoms with Gasteiger partial charge in [-0.3, -0.25) is 9.20 Å². The summed E-state index contributed by atoms with van der Waals surface area (Å²) in [5.74, 6) is 0.0110. The number of piperidine rings is 1. The molecule has 4 rings (SSSR count). The van der Waals surface area contributed by atoms with Crippen LogP contribution in [0.4, 0.5) is 0 Å². The molecule has 5 nitrogen and oxygen atoms in total. The number of imidazole rings is 1. The zero-order valence-electron chi connectivity index (χ0n) is 13.6. The number of pyridine rings is 2. The number of halogens is 1. The Morgan fingerprint density at radius 1 is 1.12 bits per heavy atom. The first-order chi connectivity index (χ1) is 12.2. The second kappa shape index (κ2) is 7.06. The molecule has 0 spiro atoms. The minimum atomic E-state index is 0.0110. The van der Waals surface area contributed by atoms with Gasteiger partial charge in [0.1, 0.15) is 5.03 Å². The van der Waals surface area contributed by atoms with E-state index in [0.717, 1.165) is 36.6 Å². The third-order valence-electron chi connectivity index (χ3n) is 4.29. The van der Waals surface area contributed by atoms with Gasteiger partial charge in [0, 0.05) is 25.5 Å². The van der Waals surface area contributed by atoms with Gasteiger partial charge in [-0.1, -0.05) is 17.7 Å². The average molecular weight is 373 g/mol. The monoisotopic (exact) mass is 372 g/mol. The van der Waals surface area contributed by atoms with Gasteiger partial charge in [-0.2, -0.15) is 0 Å². The topological polar surface area (TPSA) is 50.5 Å². The number of amides is 1. The maximum atomic E-state index is 12.6. The molecule has 0 aromatic carbocycles. The number of rotatable bonds is 3.